The molecule has 3 unspecified atom stereocenters. The van der Waals surface area contributed by atoms with Crippen molar-refractivity contribution in [1.29, 1.82) is 0 Å². The highest BCUT2D eigenvalue weighted by molar-refractivity contribution is 7.46. The third kappa shape index (κ3) is 12.6. The number of rotatable bonds is 20. The average Bonchev–Trinajstić information content (AvgIpc) is 3.59. The monoisotopic (exact) mass is 678 g/mol. The number of unbranched alkanes of at least 4 members (excludes halogenated alkanes) is 1. The number of amides is 3. The number of H-pyrrole nitrogens is 1. The predicted molar refractivity (Wildman–Crippen MR) is 148 cm³/mol. The molecule has 46 heavy (non-hydrogen) atoms. The van der Waals surface area contributed by atoms with E-state index in [2.05, 4.69) is 35.2 Å². The number of ether oxygens (including phenoxy) is 2. The van der Waals surface area contributed by atoms with Crippen LogP contribution in [-0.4, -0.2) is 121 Å². The minimum atomic E-state index is -5.27. The molecule has 1 aromatic rings. The average molecular weight is 679 g/mol. The van der Waals surface area contributed by atoms with Crippen molar-refractivity contribution in [3.05, 3.63) is 18.2 Å². The van der Waals surface area contributed by atoms with E-state index in [-0.39, 0.29) is 12.8 Å². The molecular weight excluding hydrogens is 643 g/mol. The highest BCUT2D eigenvalue weighted by Crippen LogP contribution is 2.39. The number of phosphoric ester groups is 1. The van der Waals surface area contributed by atoms with E-state index in [1.54, 1.807) is 0 Å². The van der Waals surface area contributed by atoms with Crippen molar-refractivity contribution in [2.75, 3.05) is 19.7 Å². The number of carbonyl (C=O) groups is 7. The van der Waals surface area contributed by atoms with Crippen LogP contribution in [0.2, 0.25) is 0 Å². The number of nitrogens with zero attached hydrogens (tertiary/aromatic N) is 1. The van der Waals surface area contributed by atoms with E-state index in [9.17, 15) is 48.3 Å². The molecule has 10 N–H and O–H groups in total. The number of esters is 2. The molecule has 0 aromatic carbocycles. The van der Waals surface area contributed by atoms with Crippen molar-refractivity contribution in [1.82, 2.24) is 25.9 Å². The lowest BCUT2D eigenvalue weighted by Crippen LogP contribution is -2.53. The van der Waals surface area contributed by atoms with Crippen LogP contribution in [0.15, 0.2) is 12.5 Å². The number of cyclic esters (lactones) is 1. The smallest absolute Gasteiger partial charge is 0.470 e. The second-order valence-electron chi connectivity index (χ2n) is 9.81. The van der Waals surface area contributed by atoms with Gasteiger partial charge in [-0.3, -0.25) is 28.5 Å². The van der Waals surface area contributed by atoms with Gasteiger partial charge >= 0.3 is 25.7 Å². The number of nitrogens with two attached hydrogens (primary N) is 1. The molecule has 0 spiro atoms. The lowest BCUT2D eigenvalue weighted by Gasteiger charge is -2.21. The maximum absolute atomic E-state index is 12.9. The Balaban J connectivity index is 1.85. The fourth-order valence-electron chi connectivity index (χ4n) is 4.00. The fraction of sp³-hybridized carbons (Fsp3) is 0.583. The number of aliphatic hydroxyl groups is 1. The molecule has 0 aliphatic carbocycles. The van der Waals surface area contributed by atoms with Gasteiger partial charge in [0.1, 0.15) is 12.1 Å². The Labute approximate surface area is 260 Å². The largest absolute Gasteiger partial charge is 0.480 e. The van der Waals surface area contributed by atoms with E-state index in [0.29, 0.717) is 25.1 Å². The number of carboxylic acids is 1. The van der Waals surface area contributed by atoms with Gasteiger partial charge in [0.25, 0.3) is 0 Å². The van der Waals surface area contributed by atoms with Crippen LogP contribution in [0.5, 0.6) is 0 Å². The summed E-state index contributed by atoms with van der Waals surface area (Å²) in [7, 11) is -5.27. The second kappa shape index (κ2) is 18.0. The van der Waals surface area contributed by atoms with Crippen LogP contribution in [-0.2, 0) is 58.5 Å². The van der Waals surface area contributed by atoms with E-state index in [4.69, 9.17) is 20.3 Å². The first-order chi connectivity index (χ1) is 21.6. The first-order valence-corrected chi connectivity index (χ1v) is 15.2. The Kier molecular flexibility index (Phi) is 14.9. The number of Topliss-reactive ketones (excluding diaryl/α,β-unsaturated/α-hetero) is 1. The molecule has 0 bridgehead atoms. The highest BCUT2D eigenvalue weighted by atomic mass is 31.2. The van der Waals surface area contributed by atoms with Crippen LogP contribution < -0.4 is 21.7 Å². The number of carboxylic acid groups (broad SMARTS) is 1. The molecule has 22 heteroatoms. The first-order valence-electron chi connectivity index (χ1n) is 13.7. The molecular formula is C24H35N6O15P. The van der Waals surface area contributed by atoms with Crippen molar-refractivity contribution in [3.63, 3.8) is 0 Å². The van der Waals surface area contributed by atoms with E-state index in [0.717, 1.165) is 0 Å². The van der Waals surface area contributed by atoms with Gasteiger partial charge in [-0.25, -0.2) is 19.1 Å². The molecule has 1 aliphatic heterocycles. The van der Waals surface area contributed by atoms with E-state index in [1.807, 2.05) is 0 Å². The maximum atomic E-state index is 12.9. The number of ketones is 1. The zero-order valence-corrected chi connectivity index (χ0v) is 25.1. The van der Waals surface area contributed by atoms with Gasteiger partial charge in [-0.2, -0.15) is 0 Å². The second-order valence-corrected chi connectivity index (χ2v) is 11.0. The fourth-order valence-corrected chi connectivity index (χ4v) is 4.47. The molecule has 1 aliphatic rings. The van der Waals surface area contributed by atoms with E-state index >= 15 is 0 Å². The van der Waals surface area contributed by atoms with Gasteiger partial charge in [-0.15, -0.1) is 0 Å². The van der Waals surface area contributed by atoms with Crippen LogP contribution >= 0.6 is 7.82 Å². The number of phosphoric acid groups is 1. The van der Waals surface area contributed by atoms with Gasteiger partial charge in [0, 0.05) is 24.7 Å². The molecule has 21 nitrogen and oxygen atoms in total. The minimum absolute atomic E-state index is 0.101. The molecule has 0 saturated carbocycles. The normalized spacial score (nSPS) is 18.2. The Morgan fingerprint density at radius 2 is 1.80 bits per heavy atom. The third-order valence-electron chi connectivity index (χ3n) is 6.23. The summed E-state index contributed by atoms with van der Waals surface area (Å²) in [4.78, 5) is 110. The highest BCUT2D eigenvalue weighted by Gasteiger charge is 2.51. The summed E-state index contributed by atoms with van der Waals surface area (Å²) in [5, 5.41) is 26.0. The van der Waals surface area contributed by atoms with Crippen LogP contribution in [0.1, 0.15) is 37.8 Å². The van der Waals surface area contributed by atoms with Gasteiger partial charge in [0.05, 0.1) is 25.9 Å². The Morgan fingerprint density at radius 1 is 1.09 bits per heavy atom. The van der Waals surface area contributed by atoms with Crippen LogP contribution in [0.4, 0.5) is 0 Å². The first kappa shape index (κ1) is 37.9. The van der Waals surface area contributed by atoms with Crippen LogP contribution in [0.25, 0.3) is 0 Å². The van der Waals surface area contributed by atoms with Crippen LogP contribution in [0, 0.1) is 0 Å². The van der Waals surface area contributed by atoms with E-state index in [1.165, 1.54) is 12.5 Å². The summed E-state index contributed by atoms with van der Waals surface area (Å²) in [6, 6.07) is -2.50. The molecule has 5 atom stereocenters. The molecule has 0 radical (unpaired) electrons. The molecule has 2 rings (SSSR count). The Bertz CT molecular complexity index is 1300. The molecule has 2 heterocycles. The number of carbonyl (C=O) groups excluding carboxylic acids is 6. The Hall–Kier alpha value is -4.27. The number of aromatic nitrogens is 2. The number of hydrogen-bond acceptors (Lipinski definition) is 14. The topological polar surface area (TPSA) is 336 Å². The lowest BCUT2D eigenvalue weighted by molar-refractivity contribution is -0.166. The summed E-state index contributed by atoms with van der Waals surface area (Å²) in [5.41, 5.74) is 5.94. The molecule has 1 aromatic heterocycles. The number of aromatic amines is 1. The number of aliphatic carboxylic acids is 1. The van der Waals surface area contributed by atoms with Crippen molar-refractivity contribution in [2.24, 2.45) is 5.73 Å². The van der Waals surface area contributed by atoms with Gasteiger partial charge in [0.2, 0.25) is 35.7 Å². The van der Waals surface area contributed by atoms with Crippen LogP contribution in [0.3, 0.4) is 0 Å². The summed E-state index contributed by atoms with van der Waals surface area (Å²) in [6.45, 7) is -1.36. The van der Waals surface area contributed by atoms with Crippen molar-refractivity contribution in [3.8, 4) is 0 Å². The number of aliphatic hydroxyl groups excluding tert-OH is 1. The maximum Gasteiger partial charge on any atom is 0.470 e. The summed E-state index contributed by atoms with van der Waals surface area (Å²) in [5.74, 6) is -7.65. The molecule has 1 fully saturated rings. The van der Waals surface area contributed by atoms with Crippen molar-refractivity contribution < 1.29 is 72.1 Å². The quantitative estimate of drug-likeness (QED) is 0.0274. The summed E-state index contributed by atoms with van der Waals surface area (Å²) < 4.78 is 24.5. The molecule has 3 amide bonds. The van der Waals surface area contributed by atoms with E-state index < -0.39 is 106 Å². The predicted octanol–water partition coefficient (Wildman–Crippen LogP) is -4.09. The number of nitrogens with one attached hydrogen (secondary N) is 4. The van der Waals surface area contributed by atoms with Gasteiger partial charge in [-0.05, 0) is 25.8 Å². The minimum Gasteiger partial charge on any atom is -0.480 e. The zero-order chi connectivity index (χ0) is 34.4. The zero-order valence-electron chi connectivity index (χ0n) is 24.2. The van der Waals surface area contributed by atoms with Gasteiger partial charge in [0.15, 0.2) is 6.10 Å². The summed E-state index contributed by atoms with van der Waals surface area (Å²) >= 11 is 0. The summed E-state index contributed by atoms with van der Waals surface area (Å²) in [6.07, 6.45) is -3.49. The molecule has 256 valence electrons. The van der Waals surface area contributed by atoms with Gasteiger partial charge < -0.3 is 56.1 Å². The van der Waals surface area contributed by atoms with Gasteiger partial charge in [-0.1, -0.05) is 0 Å². The lowest BCUT2D eigenvalue weighted by atomic mass is 10.1. The van der Waals surface area contributed by atoms with Crippen molar-refractivity contribution >= 4 is 49.2 Å². The van der Waals surface area contributed by atoms with Crippen molar-refractivity contribution in [2.45, 2.75) is 68.9 Å². The standard InChI is InChI=1S/C24H35N6O15P/c25-6-2-1-3-13(22(36)30-14(23(37)38)7-12-8-26-11-28-12)29-17(33)9-27-16(32)4-5-18(34)43-15(10-31)20-19(35)21(24(39)44-20)45-46(40,41)42/h8,11,13-15,20-21,31H,1-7,9-10,25H2,(H,26,28)(H,27,32)(H,29,33)(H,30,36)(H,37,38)(H2,40,41,42)/t13-,14-,15?,20?,21?/m0/s1. The third-order valence-corrected chi connectivity index (χ3v) is 6.72. The number of imidazole rings is 1. The molecule has 1 saturated heterocycles. The number of hydrogen-bond donors (Lipinski definition) is 9. The SMILES string of the molecule is NCCCC[C@H](NC(=O)CNC(=O)CCC(=O)OC(CO)C1OC(=O)C(OP(=O)(O)O)C1=O)C(=O)N[C@@H](Cc1cnc[nH]1)C(=O)O. The Morgan fingerprint density at radius 3 is 2.39 bits per heavy atom.